The highest BCUT2D eigenvalue weighted by Crippen LogP contribution is 2.56. The minimum absolute atomic E-state index is 0.104. The van der Waals surface area contributed by atoms with Gasteiger partial charge in [0.1, 0.15) is 0 Å². The molecule has 2 aliphatic rings. The summed E-state index contributed by atoms with van der Waals surface area (Å²) in [6.07, 6.45) is 0. The molecule has 6 nitrogen and oxygen atoms in total. The van der Waals surface area contributed by atoms with E-state index in [0.29, 0.717) is 5.56 Å². The number of fused-ring (bicyclic) bond motifs is 16. The lowest BCUT2D eigenvalue weighted by molar-refractivity contribution is 0.590. The molecule has 17 aromatic carbocycles. The van der Waals surface area contributed by atoms with Gasteiger partial charge in [-0.3, -0.25) is 0 Å². The Kier molecular flexibility index (Phi) is 18.4. The van der Waals surface area contributed by atoms with Gasteiger partial charge in [-0.15, -0.1) is 11.3 Å². The van der Waals surface area contributed by atoms with Crippen molar-refractivity contribution < 1.29 is 0 Å². The number of hydrogen-bond donors (Lipinski definition) is 0. The van der Waals surface area contributed by atoms with Crippen LogP contribution in [0.4, 0.5) is 34.1 Å². The molecule has 21 aromatic rings. The Morgan fingerprint density at radius 1 is 0.252 bits per heavy atom. The summed E-state index contributed by atoms with van der Waals surface area (Å²) in [4.78, 5) is 5.39. The second kappa shape index (κ2) is 29.8. The highest BCUT2D eigenvalue weighted by Gasteiger charge is 2.46. The van der Waals surface area contributed by atoms with Gasteiger partial charge in [0, 0.05) is 103 Å². The fourth-order valence-electron chi connectivity index (χ4n) is 21.3. The molecule has 2 aliphatic heterocycles. The zero-order valence-electron chi connectivity index (χ0n) is 77.2. The van der Waals surface area contributed by atoms with Crippen molar-refractivity contribution in [3.05, 3.63) is 385 Å². The molecule has 0 amide bonds. The molecule has 0 radical (unpaired) electrons. The monoisotopic (exact) mass is 1710 g/mol. The summed E-state index contributed by atoms with van der Waals surface area (Å²) in [6, 6.07) is 138. The highest BCUT2D eigenvalue weighted by molar-refractivity contribution is 7.25. The van der Waals surface area contributed by atoms with E-state index >= 15 is 0 Å². The molecule has 0 unspecified atom stereocenters. The quantitative estimate of drug-likeness (QED) is 0.128. The molecule has 634 valence electrons. The summed E-state index contributed by atoms with van der Waals surface area (Å²) in [7, 11) is 0. The molecular weight excluding hydrogens is 1600 g/mol. The maximum Gasteiger partial charge on any atom is 0.252 e. The molecule has 23 rings (SSSR count). The number of para-hydroxylation sites is 2. The first-order chi connectivity index (χ1) is 63.1. The van der Waals surface area contributed by atoms with Crippen LogP contribution in [0.1, 0.15) is 137 Å². The van der Waals surface area contributed by atoms with Gasteiger partial charge in [-0.25, -0.2) is 0 Å². The Labute approximate surface area is 772 Å². The first-order valence-electron chi connectivity index (χ1n) is 46.3. The molecule has 6 heterocycles. The largest absolute Gasteiger partial charge is 0.311 e. The third kappa shape index (κ3) is 13.1. The lowest BCUT2D eigenvalue weighted by Crippen LogP contribution is -2.61. The average Bonchev–Trinajstić information content (AvgIpc) is 1.04. The molecule has 4 aromatic heterocycles. The summed E-state index contributed by atoms with van der Waals surface area (Å²) < 4.78 is 10.2. The van der Waals surface area contributed by atoms with Crippen molar-refractivity contribution in [1.82, 2.24) is 13.7 Å². The van der Waals surface area contributed by atoms with Gasteiger partial charge in [0.25, 0.3) is 6.71 Å². The van der Waals surface area contributed by atoms with E-state index < -0.39 is 0 Å². The molecule has 0 atom stereocenters. The van der Waals surface area contributed by atoms with E-state index in [-0.39, 0.29) is 33.8 Å². The van der Waals surface area contributed by atoms with Crippen LogP contribution < -0.4 is 26.2 Å². The molecule has 0 saturated heterocycles. The second-order valence-electron chi connectivity index (χ2n) is 41.6. The summed E-state index contributed by atoms with van der Waals surface area (Å²) in [5, 5.41) is 20.4. The number of hydrogen-bond acceptors (Lipinski definition) is 4. The summed E-state index contributed by atoms with van der Waals surface area (Å²) >= 11 is 1.86. The van der Waals surface area contributed by atoms with Crippen LogP contribution in [0.2, 0.25) is 0 Å². The van der Waals surface area contributed by atoms with Crippen molar-refractivity contribution in [2.24, 2.45) is 0 Å². The number of benzene rings is 17. The number of rotatable bonds is 10. The maximum atomic E-state index is 10.9. The molecule has 131 heavy (non-hydrogen) atoms. The maximum absolute atomic E-state index is 10.9. The van der Waals surface area contributed by atoms with Crippen molar-refractivity contribution >= 4 is 154 Å². The van der Waals surface area contributed by atoms with Gasteiger partial charge in [-0.05, 0) is 250 Å². The molecule has 0 N–H and O–H groups in total. The minimum Gasteiger partial charge on any atom is -0.311 e. The van der Waals surface area contributed by atoms with Gasteiger partial charge in [0.2, 0.25) is 0 Å². The number of nitriles is 1. The lowest BCUT2D eigenvalue weighted by Gasteiger charge is -2.46. The van der Waals surface area contributed by atoms with Crippen LogP contribution in [-0.2, 0) is 27.1 Å². The number of aromatic nitrogens is 3. The summed E-state index contributed by atoms with van der Waals surface area (Å²) in [6.45, 7) is 34.7. The van der Waals surface area contributed by atoms with Crippen LogP contribution in [0.25, 0.3) is 158 Å². The van der Waals surface area contributed by atoms with Crippen molar-refractivity contribution in [1.29, 1.82) is 5.26 Å². The van der Waals surface area contributed by atoms with Crippen LogP contribution in [0, 0.1) is 11.3 Å². The van der Waals surface area contributed by atoms with Gasteiger partial charge in [-0.1, -0.05) is 310 Å². The molecule has 0 saturated carbocycles. The van der Waals surface area contributed by atoms with Crippen molar-refractivity contribution in [2.45, 2.75) is 131 Å². The zero-order chi connectivity index (χ0) is 89.8. The van der Waals surface area contributed by atoms with Crippen molar-refractivity contribution in [3.8, 4) is 78.8 Å². The van der Waals surface area contributed by atoms with Gasteiger partial charge in [-0.2, -0.15) is 5.26 Å². The smallest absolute Gasteiger partial charge is 0.252 e. The van der Waals surface area contributed by atoms with E-state index in [2.05, 4.69) is 479 Å². The van der Waals surface area contributed by atoms with Crippen LogP contribution in [-0.4, -0.2) is 20.4 Å². The Morgan fingerprint density at radius 2 is 0.672 bits per heavy atom. The van der Waals surface area contributed by atoms with E-state index in [9.17, 15) is 5.26 Å². The van der Waals surface area contributed by atoms with E-state index in [1.807, 2.05) is 17.4 Å². The Morgan fingerprint density at radius 3 is 1.23 bits per heavy atom. The fourth-order valence-corrected chi connectivity index (χ4v) is 22.4. The number of thiophene rings is 1. The van der Waals surface area contributed by atoms with E-state index in [0.717, 1.165) is 151 Å². The summed E-state index contributed by atoms with van der Waals surface area (Å²) in [5.74, 6) is 0. The third-order valence-corrected chi connectivity index (χ3v) is 29.4. The fraction of sp³-hybridized carbons (Fsp3) is 0.163. The summed E-state index contributed by atoms with van der Waals surface area (Å²) in [5.41, 5.74) is 37.2. The van der Waals surface area contributed by atoms with Crippen LogP contribution in [0.15, 0.2) is 352 Å². The van der Waals surface area contributed by atoms with Crippen LogP contribution in [0.5, 0.6) is 0 Å². The minimum atomic E-state index is -0.374. The Balaban J connectivity index is 0.895. The number of nitrogens with zero attached hydrogens (tertiary/aromatic N) is 6. The first-order valence-corrected chi connectivity index (χ1v) is 47.1. The van der Waals surface area contributed by atoms with E-state index in [1.54, 1.807) is 0 Å². The Bertz CT molecular complexity index is 8180. The molecule has 0 spiro atoms. The normalized spacial score (nSPS) is 13.1. The zero-order valence-corrected chi connectivity index (χ0v) is 78.0. The topological polar surface area (TPSA) is 45.1 Å². The standard InChI is InChI=1S/C123H103BN6S/c1-119(2,3)81-49-57-105-95(65-81)96-66-82(120(4,5)6)50-58-106(96)126(105)86-53-55-101-111(71-86)130(118-92(77-34-21-17-22-35-77)69-85(123(13,14)15)70-93(118)78-36-23-18-24-37-78)113-73-87(127-103-43-29-26-39-90(103)94-62-75(74-125)46-56-104(94)127)72-112-117(113)124(101)100-54-47-80(64-110(100)129(112)102-42-28-25-38-88(102)76-32-19-16-20-33-76)116-89(79-48-61-115-99(63-79)91-40-27-30-45-114(91)131-115)41-31-44-109(116)128-107-59-51-83(121(7,8)9)67-97(107)98-68-84(122(10,11)12)52-60-108(98)128/h16-73H,1-15H3. The van der Waals surface area contributed by atoms with Crippen LogP contribution in [0.3, 0.4) is 0 Å². The second-order valence-corrected chi connectivity index (χ2v) is 42.7. The molecule has 0 aliphatic carbocycles. The van der Waals surface area contributed by atoms with Gasteiger partial charge < -0.3 is 23.5 Å². The predicted molar refractivity (Wildman–Crippen MR) is 562 cm³/mol. The average molecular weight is 1710 g/mol. The van der Waals surface area contributed by atoms with Crippen LogP contribution >= 0.6 is 11.3 Å². The van der Waals surface area contributed by atoms with Gasteiger partial charge in [0.05, 0.1) is 67.5 Å². The first kappa shape index (κ1) is 81.0. The van der Waals surface area contributed by atoms with E-state index in [1.165, 1.54) is 85.9 Å². The third-order valence-electron chi connectivity index (χ3n) is 28.2. The molecule has 0 bridgehead atoms. The highest BCUT2D eigenvalue weighted by atomic mass is 32.1. The van der Waals surface area contributed by atoms with E-state index in [4.69, 9.17) is 0 Å². The molecule has 8 heteroatoms. The molecular formula is C123H103BN6S. The SMILES string of the molecule is CC(C)(C)c1cc(-c2ccccc2)c(N2c3cc(-n4c5ccc(C(C)(C)C)cc5c5cc(C(C)(C)C)ccc54)ccc3B3c4ccc(-c5c(-c6ccc7sc8ccccc8c7c6)cccc5-n5c6ccc(C(C)(C)C)cc6c6cc(C(C)(C)C)ccc65)cc4N(c4ccccc4-c4ccccc4)c4cc(-n5c6ccccc6c6cc(C#N)ccc65)cc2c43)c(-c2ccccc2)c1. The molecule has 0 fully saturated rings. The lowest BCUT2D eigenvalue weighted by atomic mass is 9.33. The van der Waals surface area contributed by atoms with Gasteiger partial charge >= 0.3 is 0 Å². The Hall–Kier alpha value is -14.5. The van der Waals surface area contributed by atoms with Crippen molar-refractivity contribution in [2.75, 3.05) is 9.80 Å². The number of anilines is 6. The van der Waals surface area contributed by atoms with Gasteiger partial charge in [0.15, 0.2) is 0 Å². The van der Waals surface area contributed by atoms with Crippen molar-refractivity contribution in [3.63, 3.8) is 0 Å². The predicted octanol–water partition coefficient (Wildman–Crippen LogP) is 32.1.